The lowest BCUT2D eigenvalue weighted by Gasteiger charge is -2.33. The molecule has 0 saturated heterocycles. The van der Waals surface area contributed by atoms with Crippen LogP contribution in [-0.4, -0.2) is 18.0 Å². The molecule has 0 aromatic rings. The van der Waals surface area contributed by atoms with E-state index in [9.17, 15) is 4.79 Å². The average molecular weight is 212 g/mol. The fourth-order valence-electron chi connectivity index (χ4n) is 1.93. The SMILES string of the molecule is CC(C)(C)CNC(=O)C1(N)CCCCC1. The van der Waals surface area contributed by atoms with Crippen LogP contribution in [0, 0.1) is 5.41 Å². The van der Waals surface area contributed by atoms with Crippen LogP contribution in [-0.2, 0) is 4.79 Å². The predicted octanol–water partition coefficient (Wildman–Crippen LogP) is 1.81. The third kappa shape index (κ3) is 3.82. The Morgan fingerprint density at radius 2 is 1.80 bits per heavy atom. The Kier molecular flexibility index (Phi) is 3.77. The quantitative estimate of drug-likeness (QED) is 0.733. The first-order valence-corrected chi connectivity index (χ1v) is 5.91. The van der Waals surface area contributed by atoms with Gasteiger partial charge in [0.25, 0.3) is 0 Å². The number of amides is 1. The number of nitrogens with one attached hydrogen (secondary N) is 1. The summed E-state index contributed by atoms with van der Waals surface area (Å²) in [6.45, 7) is 7.02. The second kappa shape index (κ2) is 4.52. The molecule has 1 saturated carbocycles. The van der Waals surface area contributed by atoms with E-state index in [0.717, 1.165) is 25.7 Å². The van der Waals surface area contributed by atoms with Crippen LogP contribution in [0.2, 0.25) is 0 Å². The van der Waals surface area contributed by atoms with Crippen molar-refractivity contribution in [3.8, 4) is 0 Å². The molecule has 1 amide bonds. The standard InChI is InChI=1S/C12H24N2O/c1-11(2,3)9-14-10(15)12(13)7-5-4-6-8-12/h4-9,13H2,1-3H3,(H,14,15). The van der Waals surface area contributed by atoms with Gasteiger partial charge in [-0.15, -0.1) is 0 Å². The summed E-state index contributed by atoms with van der Waals surface area (Å²) in [4.78, 5) is 11.9. The van der Waals surface area contributed by atoms with Gasteiger partial charge in [-0.05, 0) is 18.3 Å². The van der Waals surface area contributed by atoms with Gasteiger partial charge in [0.05, 0.1) is 5.54 Å². The molecular formula is C12H24N2O. The number of hydrogen-bond donors (Lipinski definition) is 2. The minimum Gasteiger partial charge on any atom is -0.354 e. The highest BCUT2D eigenvalue weighted by Gasteiger charge is 2.35. The molecule has 0 aromatic carbocycles. The Balaban J connectivity index is 2.45. The first-order chi connectivity index (χ1) is 6.83. The van der Waals surface area contributed by atoms with E-state index in [4.69, 9.17) is 5.73 Å². The Bertz CT molecular complexity index is 224. The van der Waals surface area contributed by atoms with Gasteiger partial charge < -0.3 is 11.1 Å². The van der Waals surface area contributed by atoms with Gasteiger partial charge >= 0.3 is 0 Å². The Morgan fingerprint density at radius 3 is 2.27 bits per heavy atom. The molecular weight excluding hydrogens is 188 g/mol. The molecule has 0 aliphatic heterocycles. The van der Waals surface area contributed by atoms with Gasteiger partial charge in [0.2, 0.25) is 5.91 Å². The lowest BCUT2D eigenvalue weighted by Crippen LogP contribution is -2.56. The Hall–Kier alpha value is -0.570. The van der Waals surface area contributed by atoms with Crippen LogP contribution in [0.3, 0.4) is 0 Å². The first kappa shape index (κ1) is 12.5. The van der Waals surface area contributed by atoms with E-state index in [0.29, 0.717) is 6.54 Å². The largest absolute Gasteiger partial charge is 0.354 e. The molecule has 88 valence electrons. The van der Waals surface area contributed by atoms with Gasteiger partial charge in [-0.1, -0.05) is 40.0 Å². The summed E-state index contributed by atoms with van der Waals surface area (Å²) in [6, 6.07) is 0. The number of carbonyl (C=O) groups excluding carboxylic acids is 1. The van der Waals surface area contributed by atoms with E-state index in [2.05, 4.69) is 26.1 Å². The van der Waals surface area contributed by atoms with Gasteiger partial charge in [-0.25, -0.2) is 0 Å². The third-order valence-electron chi connectivity index (χ3n) is 2.98. The van der Waals surface area contributed by atoms with Gasteiger partial charge in [-0.2, -0.15) is 0 Å². The predicted molar refractivity (Wildman–Crippen MR) is 62.5 cm³/mol. The van der Waals surface area contributed by atoms with Crippen molar-refractivity contribution in [2.75, 3.05) is 6.54 Å². The fraction of sp³-hybridized carbons (Fsp3) is 0.917. The normalized spacial score (nSPS) is 21.1. The third-order valence-corrected chi connectivity index (χ3v) is 2.98. The van der Waals surface area contributed by atoms with E-state index in [1.807, 2.05) is 0 Å². The fourth-order valence-corrected chi connectivity index (χ4v) is 1.93. The van der Waals surface area contributed by atoms with E-state index in [-0.39, 0.29) is 11.3 Å². The second-order valence-corrected chi connectivity index (χ2v) is 5.96. The van der Waals surface area contributed by atoms with E-state index >= 15 is 0 Å². The minimum absolute atomic E-state index is 0.0390. The number of hydrogen-bond acceptors (Lipinski definition) is 2. The van der Waals surface area contributed by atoms with Crippen LogP contribution in [0.25, 0.3) is 0 Å². The van der Waals surface area contributed by atoms with Crippen molar-refractivity contribution in [2.24, 2.45) is 11.1 Å². The summed E-state index contributed by atoms with van der Waals surface area (Å²) in [5, 5.41) is 2.97. The van der Waals surface area contributed by atoms with Crippen molar-refractivity contribution in [3.63, 3.8) is 0 Å². The smallest absolute Gasteiger partial charge is 0.240 e. The summed E-state index contributed by atoms with van der Waals surface area (Å²) >= 11 is 0. The molecule has 1 aliphatic carbocycles. The van der Waals surface area contributed by atoms with Crippen LogP contribution < -0.4 is 11.1 Å². The topological polar surface area (TPSA) is 55.1 Å². The van der Waals surface area contributed by atoms with Crippen LogP contribution in [0.4, 0.5) is 0 Å². The maximum absolute atomic E-state index is 11.9. The zero-order valence-corrected chi connectivity index (χ0v) is 10.2. The monoisotopic (exact) mass is 212 g/mol. The van der Waals surface area contributed by atoms with Crippen LogP contribution in [0.5, 0.6) is 0 Å². The van der Waals surface area contributed by atoms with Crippen molar-refractivity contribution < 1.29 is 4.79 Å². The molecule has 0 atom stereocenters. The summed E-state index contributed by atoms with van der Waals surface area (Å²) in [5.41, 5.74) is 5.65. The van der Waals surface area contributed by atoms with Gasteiger partial charge in [-0.3, -0.25) is 4.79 Å². The number of rotatable bonds is 2. The van der Waals surface area contributed by atoms with E-state index < -0.39 is 5.54 Å². The van der Waals surface area contributed by atoms with Crippen LogP contribution >= 0.6 is 0 Å². The molecule has 0 bridgehead atoms. The number of carbonyl (C=O) groups is 1. The molecule has 0 unspecified atom stereocenters. The van der Waals surface area contributed by atoms with Gasteiger partial charge in [0, 0.05) is 6.54 Å². The highest BCUT2D eigenvalue weighted by Crippen LogP contribution is 2.26. The van der Waals surface area contributed by atoms with Gasteiger partial charge in [0.15, 0.2) is 0 Å². The highest BCUT2D eigenvalue weighted by molar-refractivity contribution is 5.86. The summed E-state index contributed by atoms with van der Waals surface area (Å²) in [7, 11) is 0. The maximum Gasteiger partial charge on any atom is 0.240 e. The molecule has 0 heterocycles. The number of nitrogens with two attached hydrogens (primary N) is 1. The van der Waals surface area contributed by atoms with Crippen LogP contribution in [0.15, 0.2) is 0 Å². The Morgan fingerprint density at radius 1 is 1.27 bits per heavy atom. The van der Waals surface area contributed by atoms with Crippen molar-refractivity contribution >= 4 is 5.91 Å². The molecule has 0 aromatic heterocycles. The zero-order chi connectivity index (χ0) is 11.5. The summed E-state index contributed by atoms with van der Waals surface area (Å²) in [6.07, 6.45) is 5.05. The molecule has 1 aliphatic rings. The second-order valence-electron chi connectivity index (χ2n) is 5.96. The van der Waals surface area contributed by atoms with Crippen molar-refractivity contribution in [1.29, 1.82) is 0 Å². The van der Waals surface area contributed by atoms with E-state index in [1.54, 1.807) is 0 Å². The first-order valence-electron chi connectivity index (χ1n) is 5.91. The molecule has 15 heavy (non-hydrogen) atoms. The molecule has 3 nitrogen and oxygen atoms in total. The van der Waals surface area contributed by atoms with Crippen molar-refractivity contribution in [1.82, 2.24) is 5.32 Å². The molecule has 3 N–H and O–H groups in total. The molecule has 1 rings (SSSR count). The summed E-state index contributed by atoms with van der Waals surface area (Å²) < 4.78 is 0. The maximum atomic E-state index is 11.9. The molecule has 0 radical (unpaired) electrons. The highest BCUT2D eigenvalue weighted by atomic mass is 16.2. The Labute approximate surface area is 92.8 Å². The van der Waals surface area contributed by atoms with Crippen molar-refractivity contribution in [3.05, 3.63) is 0 Å². The lowest BCUT2D eigenvalue weighted by molar-refractivity contribution is -0.127. The van der Waals surface area contributed by atoms with Crippen molar-refractivity contribution in [2.45, 2.75) is 58.4 Å². The van der Waals surface area contributed by atoms with Gasteiger partial charge in [0.1, 0.15) is 0 Å². The molecule has 1 fully saturated rings. The zero-order valence-electron chi connectivity index (χ0n) is 10.2. The van der Waals surface area contributed by atoms with Crippen LogP contribution in [0.1, 0.15) is 52.9 Å². The molecule has 0 spiro atoms. The van der Waals surface area contributed by atoms with E-state index in [1.165, 1.54) is 6.42 Å². The minimum atomic E-state index is -0.594. The lowest BCUT2D eigenvalue weighted by atomic mass is 9.81. The molecule has 3 heteroatoms. The summed E-state index contributed by atoms with van der Waals surface area (Å²) in [5.74, 6) is 0.0390. The average Bonchev–Trinajstić information content (AvgIpc) is 2.14.